The summed E-state index contributed by atoms with van der Waals surface area (Å²) in [5.74, 6) is -0.328. The first-order chi connectivity index (χ1) is 14.6. The lowest BCUT2D eigenvalue weighted by Crippen LogP contribution is -2.43. The average Bonchev–Trinajstić information content (AvgIpc) is 3.20. The van der Waals surface area contributed by atoms with Crippen LogP contribution in [0.1, 0.15) is 5.56 Å². The first kappa shape index (κ1) is 21.2. The summed E-state index contributed by atoms with van der Waals surface area (Å²) < 4.78 is 19.7. The van der Waals surface area contributed by atoms with Gasteiger partial charge in [-0.3, -0.25) is 14.6 Å². The summed E-state index contributed by atoms with van der Waals surface area (Å²) in [4.78, 5) is 23.3. The number of amides is 1. The topological polar surface area (TPSA) is 45.7 Å². The second-order valence-corrected chi connectivity index (χ2v) is 8.96. The minimum Gasteiger partial charge on any atom is -0.379 e. The van der Waals surface area contributed by atoms with Crippen LogP contribution < -0.4 is 4.90 Å². The first-order valence-corrected chi connectivity index (χ1v) is 12.0. The van der Waals surface area contributed by atoms with Gasteiger partial charge in [0.1, 0.15) is 5.82 Å². The van der Waals surface area contributed by atoms with Gasteiger partial charge in [0.25, 0.3) is 0 Å². The summed E-state index contributed by atoms with van der Waals surface area (Å²) in [5.41, 5.74) is 1.74. The van der Waals surface area contributed by atoms with E-state index in [1.54, 1.807) is 40.1 Å². The van der Waals surface area contributed by atoms with Crippen LogP contribution in [0.15, 0.2) is 47.4 Å². The third-order valence-corrected chi connectivity index (χ3v) is 6.95. The highest BCUT2D eigenvalue weighted by Crippen LogP contribution is 2.34. The molecule has 0 bridgehead atoms. The van der Waals surface area contributed by atoms with E-state index in [0.717, 1.165) is 53.5 Å². The Morgan fingerprint density at radius 3 is 2.73 bits per heavy atom. The number of ether oxygens (including phenoxy) is 1. The molecule has 0 N–H and O–H groups in total. The van der Waals surface area contributed by atoms with E-state index < -0.39 is 0 Å². The molecule has 2 aromatic carbocycles. The molecule has 0 saturated carbocycles. The quantitative estimate of drug-likeness (QED) is 0.513. The van der Waals surface area contributed by atoms with Crippen LogP contribution in [0.25, 0.3) is 10.2 Å². The van der Waals surface area contributed by atoms with E-state index in [2.05, 4.69) is 11.0 Å². The zero-order chi connectivity index (χ0) is 20.9. The van der Waals surface area contributed by atoms with Crippen LogP contribution in [0.5, 0.6) is 0 Å². The molecular formula is C22H24FN3O2S2. The van der Waals surface area contributed by atoms with Crippen molar-refractivity contribution in [2.24, 2.45) is 0 Å². The summed E-state index contributed by atoms with van der Waals surface area (Å²) in [6, 6.07) is 12.2. The number of carbonyl (C=O) groups excluding carboxylic acids is 1. The van der Waals surface area contributed by atoms with Gasteiger partial charge in [-0.05, 0) is 36.1 Å². The predicted octanol–water partition coefficient (Wildman–Crippen LogP) is 4.07. The second kappa shape index (κ2) is 9.87. The van der Waals surface area contributed by atoms with E-state index in [-0.39, 0.29) is 18.1 Å². The summed E-state index contributed by atoms with van der Waals surface area (Å²) in [7, 11) is 0. The van der Waals surface area contributed by atoms with Crippen molar-refractivity contribution < 1.29 is 13.9 Å². The number of morpholine rings is 1. The summed E-state index contributed by atoms with van der Waals surface area (Å²) in [5, 5.41) is 0.715. The number of carbonyl (C=O) groups is 1. The normalized spacial score (nSPS) is 14.9. The van der Waals surface area contributed by atoms with Gasteiger partial charge < -0.3 is 4.74 Å². The van der Waals surface area contributed by atoms with Crippen LogP contribution >= 0.6 is 23.1 Å². The third kappa shape index (κ3) is 5.00. The van der Waals surface area contributed by atoms with Gasteiger partial charge in [-0.25, -0.2) is 9.37 Å². The molecule has 4 rings (SSSR count). The van der Waals surface area contributed by atoms with Crippen molar-refractivity contribution in [3.63, 3.8) is 0 Å². The van der Waals surface area contributed by atoms with Gasteiger partial charge in [-0.2, -0.15) is 0 Å². The number of thiazole rings is 1. The third-order valence-electron chi connectivity index (χ3n) is 5.13. The van der Waals surface area contributed by atoms with Gasteiger partial charge in [0.2, 0.25) is 5.91 Å². The number of benzene rings is 2. The molecule has 5 nitrogen and oxygen atoms in total. The highest BCUT2D eigenvalue weighted by Gasteiger charge is 2.22. The minimum atomic E-state index is -0.300. The van der Waals surface area contributed by atoms with Gasteiger partial charge in [0, 0.05) is 31.1 Å². The smallest absolute Gasteiger partial charge is 0.233 e. The van der Waals surface area contributed by atoms with Gasteiger partial charge in [-0.1, -0.05) is 29.5 Å². The van der Waals surface area contributed by atoms with E-state index in [0.29, 0.717) is 11.7 Å². The lowest BCUT2D eigenvalue weighted by molar-refractivity contribution is -0.118. The fourth-order valence-corrected chi connectivity index (χ4v) is 5.12. The van der Waals surface area contributed by atoms with Crippen LogP contribution in [0.4, 0.5) is 9.52 Å². The van der Waals surface area contributed by atoms with E-state index in [1.165, 1.54) is 12.1 Å². The van der Waals surface area contributed by atoms with Crippen LogP contribution in [0.2, 0.25) is 0 Å². The number of fused-ring (bicyclic) bond motifs is 1. The molecule has 0 atom stereocenters. The Balaban J connectivity index is 1.58. The molecule has 8 heteroatoms. The fourth-order valence-electron chi connectivity index (χ4n) is 3.46. The van der Waals surface area contributed by atoms with Crippen LogP contribution in [0.3, 0.4) is 0 Å². The average molecular weight is 446 g/mol. The highest BCUT2D eigenvalue weighted by atomic mass is 32.2. The Morgan fingerprint density at radius 2 is 2.00 bits per heavy atom. The van der Waals surface area contributed by atoms with Crippen LogP contribution in [-0.4, -0.2) is 61.4 Å². The van der Waals surface area contributed by atoms with Crippen molar-refractivity contribution in [3.8, 4) is 0 Å². The maximum absolute atomic E-state index is 13.3. The Kier molecular flexibility index (Phi) is 6.99. The van der Waals surface area contributed by atoms with Crippen molar-refractivity contribution in [1.82, 2.24) is 9.88 Å². The maximum Gasteiger partial charge on any atom is 0.233 e. The van der Waals surface area contributed by atoms with Crippen molar-refractivity contribution in [1.29, 1.82) is 0 Å². The number of halogens is 1. The first-order valence-electron chi connectivity index (χ1n) is 9.92. The Labute approximate surface area is 183 Å². The van der Waals surface area contributed by atoms with E-state index >= 15 is 0 Å². The fraction of sp³-hybridized carbons (Fsp3) is 0.364. The number of rotatable bonds is 7. The van der Waals surface area contributed by atoms with Crippen molar-refractivity contribution in [3.05, 3.63) is 53.8 Å². The lowest BCUT2D eigenvalue weighted by atomic mass is 10.1. The standard InChI is InChI=1S/C22H24FN3O2S2/c1-29-18-3-2-4-19-21(18)24-22(30-19)26(10-9-25-11-13-28-14-12-25)20(27)15-16-5-7-17(23)8-6-16/h2-8H,9-15H2,1H3. The maximum atomic E-state index is 13.3. The van der Waals surface area contributed by atoms with Crippen molar-refractivity contribution in [2.75, 3.05) is 50.5 Å². The molecule has 1 fully saturated rings. The van der Waals surface area contributed by atoms with E-state index in [4.69, 9.17) is 9.72 Å². The number of thioether (sulfide) groups is 1. The monoisotopic (exact) mass is 445 g/mol. The molecule has 0 unspecified atom stereocenters. The predicted molar refractivity (Wildman–Crippen MR) is 121 cm³/mol. The van der Waals surface area contributed by atoms with Gasteiger partial charge in [0.15, 0.2) is 5.13 Å². The summed E-state index contributed by atoms with van der Waals surface area (Å²) in [6.07, 6.45) is 2.25. The van der Waals surface area contributed by atoms with Crippen LogP contribution in [-0.2, 0) is 16.0 Å². The van der Waals surface area contributed by atoms with Crippen molar-refractivity contribution >= 4 is 44.4 Å². The van der Waals surface area contributed by atoms with E-state index in [1.807, 2.05) is 18.4 Å². The number of hydrogen-bond donors (Lipinski definition) is 0. The molecule has 0 aliphatic carbocycles. The van der Waals surface area contributed by atoms with Gasteiger partial charge in [-0.15, -0.1) is 11.8 Å². The van der Waals surface area contributed by atoms with Gasteiger partial charge >= 0.3 is 0 Å². The molecule has 1 saturated heterocycles. The minimum absolute atomic E-state index is 0.0281. The molecule has 1 aliphatic rings. The number of nitrogens with zero attached hydrogens (tertiary/aromatic N) is 3. The molecule has 1 amide bonds. The molecule has 2 heterocycles. The molecule has 3 aromatic rings. The zero-order valence-electron chi connectivity index (χ0n) is 16.8. The SMILES string of the molecule is CSc1cccc2sc(N(CCN3CCOCC3)C(=O)Cc3ccc(F)cc3)nc12. The molecule has 1 aliphatic heterocycles. The molecule has 0 radical (unpaired) electrons. The highest BCUT2D eigenvalue weighted by molar-refractivity contribution is 7.98. The molecule has 0 spiro atoms. The largest absolute Gasteiger partial charge is 0.379 e. The molecular weight excluding hydrogens is 421 g/mol. The Bertz CT molecular complexity index is 1000. The number of hydrogen-bond acceptors (Lipinski definition) is 6. The Hall–Kier alpha value is -2.00. The lowest BCUT2D eigenvalue weighted by Gasteiger charge is -2.29. The van der Waals surface area contributed by atoms with Crippen molar-refractivity contribution in [2.45, 2.75) is 11.3 Å². The molecule has 30 heavy (non-hydrogen) atoms. The van der Waals surface area contributed by atoms with Gasteiger partial charge in [0.05, 0.1) is 29.9 Å². The number of para-hydroxylation sites is 1. The molecule has 1 aromatic heterocycles. The second-order valence-electron chi connectivity index (χ2n) is 7.11. The zero-order valence-corrected chi connectivity index (χ0v) is 18.5. The summed E-state index contributed by atoms with van der Waals surface area (Å²) in [6.45, 7) is 4.52. The number of anilines is 1. The number of aromatic nitrogens is 1. The van der Waals surface area contributed by atoms with Crippen LogP contribution in [0, 0.1) is 5.82 Å². The van der Waals surface area contributed by atoms with E-state index in [9.17, 15) is 9.18 Å². The summed E-state index contributed by atoms with van der Waals surface area (Å²) >= 11 is 3.20. The molecule has 158 valence electrons. The Morgan fingerprint density at radius 1 is 1.23 bits per heavy atom.